The summed E-state index contributed by atoms with van der Waals surface area (Å²) in [4.78, 5) is 23.6. The van der Waals surface area contributed by atoms with E-state index in [2.05, 4.69) is 37.3 Å². The highest BCUT2D eigenvalue weighted by Gasteiger charge is 2.31. The van der Waals surface area contributed by atoms with Crippen LogP contribution in [0.25, 0.3) is 34.6 Å². The molecule has 1 unspecified atom stereocenters. The molecule has 0 saturated carbocycles. The number of fused-ring (bicyclic) bond motifs is 6. The zero-order valence-electron chi connectivity index (χ0n) is 21.7. The average molecular weight is 511 g/mol. The largest absolute Gasteiger partial charge is 0.467 e. The first-order valence-electron chi connectivity index (χ1n) is 12.9. The number of carbonyl (C=O) groups excluding carboxylic acids is 2. The molecule has 0 radical (unpaired) electrons. The summed E-state index contributed by atoms with van der Waals surface area (Å²) < 4.78 is 22.3. The second kappa shape index (κ2) is 11.1. The van der Waals surface area contributed by atoms with Gasteiger partial charge in [-0.25, -0.2) is 9.59 Å². The molecule has 6 heteroatoms. The minimum atomic E-state index is -0.362. The highest BCUT2D eigenvalue weighted by molar-refractivity contribution is 5.99. The first kappa shape index (κ1) is 25.5. The molecule has 0 amide bonds. The van der Waals surface area contributed by atoms with E-state index < -0.39 is 0 Å². The third-order valence-corrected chi connectivity index (χ3v) is 6.70. The minimum Gasteiger partial charge on any atom is -0.467 e. The second-order valence-corrected chi connectivity index (χ2v) is 9.23. The Morgan fingerprint density at radius 3 is 2.32 bits per heavy atom. The molecule has 1 aliphatic heterocycles. The smallest absolute Gasteiger partial charge is 0.330 e. The van der Waals surface area contributed by atoms with Gasteiger partial charge in [0.1, 0.15) is 5.75 Å². The van der Waals surface area contributed by atoms with Crippen molar-refractivity contribution < 1.29 is 28.5 Å². The summed E-state index contributed by atoms with van der Waals surface area (Å²) in [6, 6.07) is 16.3. The maximum Gasteiger partial charge on any atom is 0.330 e. The molecular formula is C32H30O6. The van der Waals surface area contributed by atoms with Gasteiger partial charge in [0.15, 0.2) is 6.79 Å². The monoisotopic (exact) mass is 510 g/mol. The van der Waals surface area contributed by atoms with Crippen LogP contribution in [0.5, 0.6) is 5.75 Å². The van der Waals surface area contributed by atoms with Crippen LogP contribution in [0.1, 0.15) is 37.5 Å². The van der Waals surface area contributed by atoms with Crippen LogP contribution in [0.2, 0.25) is 0 Å². The molecule has 38 heavy (non-hydrogen) atoms. The maximum absolute atomic E-state index is 11.8. The molecule has 0 spiro atoms. The van der Waals surface area contributed by atoms with Gasteiger partial charge in [0.05, 0.1) is 19.3 Å². The fraction of sp³-hybridized carbons (Fsp3) is 0.250. The number of esters is 2. The van der Waals surface area contributed by atoms with Gasteiger partial charge in [-0.1, -0.05) is 43.3 Å². The highest BCUT2D eigenvalue weighted by Crippen LogP contribution is 2.40. The van der Waals surface area contributed by atoms with E-state index in [0.29, 0.717) is 13.2 Å². The predicted molar refractivity (Wildman–Crippen MR) is 147 cm³/mol. The summed E-state index contributed by atoms with van der Waals surface area (Å²) in [5, 5.41) is 4.24. The number of hydrogen-bond acceptors (Lipinski definition) is 6. The summed E-state index contributed by atoms with van der Waals surface area (Å²) in [5.41, 5.74) is 3.92. The van der Waals surface area contributed by atoms with Crippen LogP contribution >= 0.6 is 0 Å². The van der Waals surface area contributed by atoms with Gasteiger partial charge >= 0.3 is 11.9 Å². The van der Waals surface area contributed by atoms with Gasteiger partial charge < -0.3 is 18.9 Å². The molecule has 0 N–H and O–H groups in total. The Bertz CT molecular complexity index is 1580. The van der Waals surface area contributed by atoms with Crippen LogP contribution in [0, 0.1) is 5.92 Å². The molecule has 2 atom stereocenters. The van der Waals surface area contributed by atoms with E-state index in [1.807, 2.05) is 24.3 Å². The molecule has 0 bridgehead atoms. The van der Waals surface area contributed by atoms with Crippen LogP contribution in [0.3, 0.4) is 0 Å². The van der Waals surface area contributed by atoms with E-state index in [9.17, 15) is 9.59 Å². The van der Waals surface area contributed by atoms with E-state index >= 15 is 0 Å². The van der Waals surface area contributed by atoms with Gasteiger partial charge in [-0.05, 0) is 76.5 Å². The molecule has 1 heterocycles. The van der Waals surface area contributed by atoms with Crippen LogP contribution in [-0.2, 0) is 23.8 Å². The van der Waals surface area contributed by atoms with E-state index in [0.717, 1.165) is 49.2 Å². The SMILES string of the molecule is CCOC(=O)/C=C/c1ccc2c(c1)=C[C@@H](C)C1OCOc3ccc4cc(/C=C/C(=O)OCC)ccc4c3C=21. The van der Waals surface area contributed by atoms with Gasteiger partial charge in [0, 0.05) is 29.2 Å². The first-order valence-corrected chi connectivity index (χ1v) is 12.9. The van der Waals surface area contributed by atoms with Crippen molar-refractivity contribution in [2.45, 2.75) is 26.9 Å². The standard InChI is InChI=1S/C32H30O6/c1-4-35-28(33)14-8-21-6-11-25-23(17-21)10-13-27-30(25)31-26-12-7-22(9-15-29(34)36-5-2)18-24(26)16-20(3)32(31)38-19-37-27/h6-18,20,32H,4-5,19H2,1-3H3/b14-8+,15-9+/t20-,32?/m1/s1. The summed E-state index contributed by atoms with van der Waals surface area (Å²) >= 11 is 0. The number of hydrogen-bond donors (Lipinski definition) is 0. The maximum atomic E-state index is 11.8. The molecular weight excluding hydrogens is 480 g/mol. The topological polar surface area (TPSA) is 71.1 Å². The lowest BCUT2D eigenvalue weighted by Gasteiger charge is -2.26. The lowest BCUT2D eigenvalue weighted by Crippen LogP contribution is -2.40. The highest BCUT2D eigenvalue weighted by atomic mass is 16.7. The van der Waals surface area contributed by atoms with Crippen molar-refractivity contribution in [2.75, 3.05) is 20.0 Å². The Kier molecular flexibility index (Phi) is 7.43. The summed E-state index contributed by atoms with van der Waals surface area (Å²) in [5.74, 6) is 0.164. The summed E-state index contributed by atoms with van der Waals surface area (Å²) in [6.07, 6.45) is 8.47. The Labute approximate surface area is 221 Å². The van der Waals surface area contributed by atoms with Crippen molar-refractivity contribution in [3.8, 4) is 5.75 Å². The van der Waals surface area contributed by atoms with Crippen LogP contribution in [0.4, 0.5) is 0 Å². The molecule has 0 saturated heterocycles. The Hall–Kier alpha value is -4.16. The third kappa shape index (κ3) is 5.13. The Morgan fingerprint density at radius 1 is 0.921 bits per heavy atom. The van der Waals surface area contributed by atoms with Crippen LogP contribution in [-0.4, -0.2) is 38.0 Å². The normalized spacial score (nSPS) is 18.2. The second-order valence-electron chi connectivity index (χ2n) is 9.23. The quantitative estimate of drug-likeness (QED) is 0.363. The van der Waals surface area contributed by atoms with Crippen molar-refractivity contribution in [3.63, 3.8) is 0 Å². The molecule has 5 rings (SSSR count). The van der Waals surface area contributed by atoms with Crippen molar-refractivity contribution in [1.29, 1.82) is 0 Å². The number of carbonyl (C=O) groups is 2. The molecule has 3 aromatic rings. The molecule has 0 fully saturated rings. The van der Waals surface area contributed by atoms with E-state index in [1.54, 1.807) is 26.0 Å². The van der Waals surface area contributed by atoms with Gasteiger partial charge in [0.2, 0.25) is 0 Å². The lowest BCUT2D eigenvalue weighted by molar-refractivity contribution is -0.138. The molecule has 2 aliphatic rings. The number of rotatable bonds is 6. The molecule has 0 aromatic heterocycles. The molecule has 194 valence electrons. The molecule has 6 nitrogen and oxygen atoms in total. The fourth-order valence-corrected chi connectivity index (χ4v) is 5.08. The Morgan fingerprint density at radius 2 is 1.61 bits per heavy atom. The van der Waals surface area contributed by atoms with Crippen molar-refractivity contribution in [2.24, 2.45) is 5.92 Å². The summed E-state index contributed by atoms with van der Waals surface area (Å²) in [6.45, 7) is 6.57. The van der Waals surface area contributed by atoms with E-state index in [-0.39, 0.29) is 30.8 Å². The zero-order chi connectivity index (χ0) is 26.6. The third-order valence-electron chi connectivity index (χ3n) is 6.70. The van der Waals surface area contributed by atoms with Crippen molar-refractivity contribution >= 4 is 46.5 Å². The zero-order valence-corrected chi connectivity index (χ0v) is 21.7. The lowest BCUT2D eigenvalue weighted by atomic mass is 9.83. The van der Waals surface area contributed by atoms with Crippen LogP contribution in [0.15, 0.2) is 60.7 Å². The van der Waals surface area contributed by atoms with E-state index in [1.165, 1.54) is 12.2 Å². The Balaban J connectivity index is 1.65. The number of benzene rings is 3. The first-order chi connectivity index (χ1) is 18.5. The molecule has 3 aromatic carbocycles. The van der Waals surface area contributed by atoms with Gasteiger partial charge in [0.25, 0.3) is 0 Å². The van der Waals surface area contributed by atoms with Gasteiger partial charge in [-0.2, -0.15) is 0 Å². The summed E-state index contributed by atoms with van der Waals surface area (Å²) in [7, 11) is 0. The molecule has 1 aliphatic carbocycles. The predicted octanol–water partition coefficient (Wildman–Crippen LogP) is 4.36. The average Bonchev–Trinajstić information content (AvgIpc) is 3.11. The minimum absolute atomic E-state index is 0.110. The van der Waals surface area contributed by atoms with Gasteiger partial charge in [-0.3, -0.25) is 0 Å². The fourth-order valence-electron chi connectivity index (χ4n) is 5.08. The van der Waals surface area contributed by atoms with Crippen molar-refractivity contribution in [1.82, 2.24) is 0 Å². The van der Waals surface area contributed by atoms with E-state index in [4.69, 9.17) is 18.9 Å². The van der Waals surface area contributed by atoms with Crippen LogP contribution < -0.4 is 15.2 Å². The number of ether oxygens (including phenoxy) is 4. The van der Waals surface area contributed by atoms with Gasteiger partial charge in [-0.15, -0.1) is 0 Å². The van der Waals surface area contributed by atoms with Crippen molar-refractivity contribution in [3.05, 3.63) is 87.8 Å².